The van der Waals surface area contributed by atoms with Crippen LogP contribution in [0.1, 0.15) is 28.1 Å². The first-order valence-corrected chi connectivity index (χ1v) is 5.33. The molecule has 1 heterocycles. The third kappa shape index (κ3) is 3.56. The molecule has 0 aromatic carbocycles. The van der Waals surface area contributed by atoms with Crippen LogP contribution >= 0.6 is 11.8 Å². The summed E-state index contributed by atoms with van der Waals surface area (Å²) in [7, 11) is 0. The highest BCUT2D eigenvalue weighted by molar-refractivity contribution is 8.02. The van der Waals surface area contributed by atoms with E-state index in [0.717, 1.165) is 18.8 Å². The lowest BCUT2D eigenvalue weighted by molar-refractivity contribution is 0.676. The molecular weight excluding hydrogens is 156 g/mol. The van der Waals surface area contributed by atoms with Crippen molar-refractivity contribution in [3.8, 4) is 0 Å². The van der Waals surface area contributed by atoms with Crippen molar-refractivity contribution in [2.75, 3.05) is 12.8 Å². The topological polar surface area (TPSA) is 38.0 Å². The predicted molar refractivity (Wildman–Crippen MR) is 55.4 cm³/mol. The highest BCUT2D eigenvalue weighted by Gasteiger charge is 2.06. The zero-order valence-corrected chi connectivity index (χ0v) is 8.42. The molecule has 0 fully saturated rings. The smallest absolute Gasteiger partial charge is 0.106 e. The lowest BCUT2D eigenvalue weighted by Gasteiger charge is -2.16. The molecule has 0 unspecified atom stereocenters. The Hall–Kier alpha value is -0.310. The van der Waals surface area contributed by atoms with Crippen LogP contribution in [0.5, 0.6) is 0 Å². The summed E-state index contributed by atoms with van der Waals surface area (Å²) in [5.74, 6) is 0.883. The number of allylic oxidation sites excluding steroid dienone is 1. The minimum absolute atomic E-state index is 0. The van der Waals surface area contributed by atoms with Crippen molar-refractivity contribution in [1.29, 1.82) is 0 Å². The van der Waals surface area contributed by atoms with E-state index in [2.05, 4.69) is 11.6 Å². The van der Waals surface area contributed by atoms with E-state index in [1.807, 2.05) is 13.8 Å². The zero-order chi connectivity index (χ0) is 8.69. The van der Waals surface area contributed by atoms with Crippen LogP contribution in [0, 0.1) is 0 Å². The van der Waals surface area contributed by atoms with E-state index in [1.54, 1.807) is 11.8 Å². The molecule has 0 aromatic rings. The third-order valence-electron chi connectivity index (χ3n) is 1.44. The Morgan fingerprint density at radius 1 is 1.55 bits per heavy atom. The first kappa shape index (κ1) is 10.7. The SMILES string of the molecule is CC.CSC1=C(N)NCCC1.[HH]. The van der Waals surface area contributed by atoms with Crippen molar-refractivity contribution < 1.29 is 1.43 Å². The fourth-order valence-electron chi connectivity index (χ4n) is 0.917. The maximum absolute atomic E-state index is 5.64. The van der Waals surface area contributed by atoms with Crippen LogP contribution in [-0.2, 0) is 0 Å². The minimum atomic E-state index is 0. The number of hydrogen-bond acceptors (Lipinski definition) is 3. The summed E-state index contributed by atoms with van der Waals surface area (Å²) in [4.78, 5) is 1.31. The zero-order valence-electron chi connectivity index (χ0n) is 7.61. The first-order valence-electron chi connectivity index (χ1n) is 4.11. The van der Waals surface area contributed by atoms with Gasteiger partial charge in [-0.3, -0.25) is 0 Å². The Bertz CT molecular complexity index is 137. The molecule has 3 N–H and O–H groups in total. The maximum atomic E-state index is 5.64. The van der Waals surface area contributed by atoms with Crippen LogP contribution in [-0.4, -0.2) is 12.8 Å². The van der Waals surface area contributed by atoms with Crippen LogP contribution in [0.3, 0.4) is 0 Å². The normalized spacial score (nSPS) is 16.6. The number of thioether (sulfide) groups is 1. The first-order chi connectivity index (χ1) is 5.34. The second-order valence-corrected chi connectivity index (χ2v) is 2.97. The molecule has 0 radical (unpaired) electrons. The minimum Gasteiger partial charge on any atom is -0.385 e. The standard InChI is InChI=1S/C6H12N2S.C2H6.H2/c1-9-5-3-2-4-8-6(5)7;1-2;/h8H,2-4,7H2,1H3;1-2H3;1H. The summed E-state index contributed by atoms with van der Waals surface area (Å²) in [6.45, 7) is 5.04. The number of nitrogens with one attached hydrogen (secondary N) is 1. The second-order valence-electron chi connectivity index (χ2n) is 2.07. The third-order valence-corrected chi connectivity index (χ3v) is 2.36. The van der Waals surface area contributed by atoms with Gasteiger partial charge in [0.15, 0.2) is 0 Å². The van der Waals surface area contributed by atoms with Crippen LogP contribution in [0.4, 0.5) is 0 Å². The Balaban J connectivity index is 0. The largest absolute Gasteiger partial charge is 0.385 e. The summed E-state index contributed by atoms with van der Waals surface area (Å²) < 4.78 is 0. The summed E-state index contributed by atoms with van der Waals surface area (Å²) in [5.41, 5.74) is 5.64. The van der Waals surface area contributed by atoms with Gasteiger partial charge >= 0.3 is 0 Å². The molecule has 1 rings (SSSR count). The van der Waals surface area contributed by atoms with Gasteiger partial charge in [-0.05, 0) is 19.1 Å². The summed E-state index contributed by atoms with van der Waals surface area (Å²) >= 11 is 1.75. The lowest BCUT2D eigenvalue weighted by atomic mass is 10.2. The maximum Gasteiger partial charge on any atom is 0.106 e. The van der Waals surface area contributed by atoms with E-state index in [-0.39, 0.29) is 1.43 Å². The molecule has 0 amide bonds. The average Bonchev–Trinajstić information content (AvgIpc) is 2.09. The van der Waals surface area contributed by atoms with Gasteiger partial charge in [-0.1, -0.05) is 13.8 Å². The molecule has 2 nitrogen and oxygen atoms in total. The quantitative estimate of drug-likeness (QED) is 0.643. The van der Waals surface area contributed by atoms with Crippen LogP contribution in [0.15, 0.2) is 10.7 Å². The van der Waals surface area contributed by atoms with Crippen molar-refractivity contribution in [3.63, 3.8) is 0 Å². The van der Waals surface area contributed by atoms with E-state index in [9.17, 15) is 0 Å². The Kier molecular flexibility index (Phi) is 6.22. The molecule has 0 saturated carbocycles. The second kappa shape index (κ2) is 6.40. The van der Waals surface area contributed by atoms with E-state index in [0.29, 0.717) is 0 Å². The molecule has 3 heteroatoms. The fraction of sp³-hybridized carbons (Fsp3) is 0.750. The highest BCUT2D eigenvalue weighted by Crippen LogP contribution is 2.21. The van der Waals surface area contributed by atoms with Gasteiger partial charge in [0.1, 0.15) is 5.82 Å². The van der Waals surface area contributed by atoms with Crippen molar-refractivity contribution in [2.24, 2.45) is 5.73 Å². The number of rotatable bonds is 1. The number of nitrogens with two attached hydrogens (primary N) is 1. The van der Waals surface area contributed by atoms with Crippen LogP contribution < -0.4 is 11.1 Å². The van der Waals surface area contributed by atoms with Crippen molar-refractivity contribution >= 4 is 11.8 Å². The van der Waals surface area contributed by atoms with E-state index in [1.165, 1.54) is 11.3 Å². The lowest BCUT2D eigenvalue weighted by Crippen LogP contribution is -2.26. The van der Waals surface area contributed by atoms with E-state index < -0.39 is 0 Å². The molecule has 0 atom stereocenters. The summed E-state index contributed by atoms with van der Waals surface area (Å²) in [6, 6.07) is 0. The Morgan fingerprint density at radius 3 is 2.55 bits per heavy atom. The van der Waals surface area contributed by atoms with Crippen molar-refractivity contribution in [2.45, 2.75) is 26.7 Å². The van der Waals surface area contributed by atoms with Gasteiger partial charge in [0, 0.05) is 12.9 Å². The molecule has 0 aliphatic carbocycles. The summed E-state index contributed by atoms with van der Waals surface area (Å²) in [6.07, 6.45) is 4.44. The Labute approximate surface area is 75.1 Å². The molecule has 0 saturated heterocycles. The average molecular weight is 176 g/mol. The highest BCUT2D eigenvalue weighted by atomic mass is 32.2. The molecule has 68 valence electrons. The molecule has 1 aliphatic heterocycles. The van der Waals surface area contributed by atoms with Gasteiger partial charge in [-0.25, -0.2) is 0 Å². The Morgan fingerprint density at radius 2 is 2.18 bits per heavy atom. The van der Waals surface area contributed by atoms with Gasteiger partial charge in [0.05, 0.1) is 0 Å². The molecule has 0 spiro atoms. The van der Waals surface area contributed by atoms with Gasteiger partial charge in [0.2, 0.25) is 0 Å². The van der Waals surface area contributed by atoms with Gasteiger partial charge < -0.3 is 11.1 Å². The molecular formula is C8H20N2S. The molecule has 11 heavy (non-hydrogen) atoms. The van der Waals surface area contributed by atoms with Gasteiger partial charge in [-0.15, -0.1) is 11.8 Å². The molecule has 1 aliphatic rings. The number of hydrogen-bond donors (Lipinski definition) is 2. The monoisotopic (exact) mass is 176 g/mol. The van der Waals surface area contributed by atoms with Crippen molar-refractivity contribution in [1.82, 2.24) is 5.32 Å². The van der Waals surface area contributed by atoms with E-state index >= 15 is 0 Å². The van der Waals surface area contributed by atoms with Gasteiger partial charge in [-0.2, -0.15) is 0 Å². The van der Waals surface area contributed by atoms with Crippen molar-refractivity contribution in [3.05, 3.63) is 10.7 Å². The predicted octanol–water partition coefficient (Wildman–Crippen LogP) is 2.13. The van der Waals surface area contributed by atoms with Crippen LogP contribution in [0.2, 0.25) is 0 Å². The fourth-order valence-corrected chi connectivity index (χ4v) is 1.56. The molecule has 0 aromatic heterocycles. The summed E-state index contributed by atoms with van der Waals surface area (Å²) in [5, 5.41) is 3.12. The van der Waals surface area contributed by atoms with Crippen LogP contribution in [0.25, 0.3) is 0 Å². The van der Waals surface area contributed by atoms with Gasteiger partial charge in [0.25, 0.3) is 0 Å². The van der Waals surface area contributed by atoms with E-state index in [4.69, 9.17) is 5.73 Å². The molecule has 0 bridgehead atoms.